The minimum atomic E-state index is -0.103. The van der Waals surface area contributed by atoms with Crippen molar-refractivity contribution in [3.05, 3.63) is 23.8 Å². The Hall–Kier alpha value is -1.22. The third-order valence-corrected chi connectivity index (χ3v) is 3.38. The predicted octanol–water partition coefficient (Wildman–Crippen LogP) is 3.17. The molecule has 1 aromatic rings. The van der Waals surface area contributed by atoms with E-state index in [-0.39, 0.29) is 5.60 Å². The third kappa shape index (κ3) is 3.87. The van der Waals surface area contributed by atoms with E-state index in [1.807, 2.05) is 13.1 Å². The Morgan fingerprint density at radius 3 is 2.89 bits per heavy atom. The third-order valence-electron chi connectivity index (χ3n) is 3.38. The lowest BCUT2D eigenvalue weighted by atomic mass is 10.0. The first-order valence-electron chi connectivity index (χ1n) is 7.21. The van der Waals surface area contributed by atoms with Crippen LogP contribution in [0, 0.1) is 0 Å². The molecule has 3 heteroatoms. The highest BCUT2D eigenvalue weighted by molar-refractivity contribution is 5.50. The maximum Gasteiger partial charge on any atom is 0.165 e. The second-order valence-electron chi connectivity index (χ2n) is 5.80. The summed E-state index contributed by atoms with van der Waals surface area (Å²) in [6.07, 6.45) is 4.45. The predicted molar refractivity (Wildman–Crippen MR) is 78.1 cm³/mol. The monoisotopic (exact) mass is 263 g/mol. The van der Waals surface area contributed by atoms with E-state index in [2.05, 4.69) is 31.3 Å². The van der Waals surface area contributed by atoms with Crippen molar-refractivity contribution in [3.8, 4) is 11.5 Å². The summed E-state index contributed by atoms with van der Waals surface area (Å²) in [4.78, 5) is 0. The molecule has 1 aliphatic heterocycles. The van der Waals surface area contributed by atoms with Gasteiger partial charge in [0.15, 0.2) is 11.5 Å². The lowest BCUT2D eigenvalue weighted by Crippen LogP contribution is -2.24. The van der Waals surface area contributed by atoms with E-state index in [4.69, 9.17) is 9.47 Å². The molecule has 3 nitrogen and oxygen atoms in total. The molecule has 0 unspecified atom stereocenters. The molecule has 0 saturated carbocycles. The van der Waals surface area contributed by atoms with E-state index in [1.165, 1.54) is 18.4 Å². The number of benzene rings is 1. The lowest BCUT2D eigenvalue weighted by Gasteiger charge is -2.18. The van der Waals surface area contributed by atoms with Gasteiger partial charge < -0.3 is 14.8 Å². The van der Waals surface area contributed by atoms with Crippen LogP contribution in [0.3, 0.4) is 0 Å². The van der Waals surface area contributed by atoms with Gasteiger partial charge in [-0.3, -0.25) is 0 Å². The van der Waals surface area contributed by atoms with Gasteiger partial charge >= 0.3 is 0 Å². The van der Waals surface area contributed by atoms with Crippen LogP contribution in [0.1, 0.15) is 38.7 Å². The van der Waals surface area contributed by atoms with Crippen molar-refractivity contribution in [3.63, 3.8) is 0 Å². The summed E-state index contributed by atoms with van der Waals surface area (Å²) in [5, 5.41) is 3.16. The van der Waals surface area contributed by atoms with Crippen LogP contribution >= 0.6 is 0 Å². The molecule has 1 aliphatic rings. The fraction of sp³-hybridized carbons (Fsp3) is 0.625. The van der Waals surface area contributed by atoms with Gasteiger partial charge in [-0.25, -0.2) is 0 Å². The Bertz CT molecular complexity index is 415. The lowest BCUT2D eigenvalue weighted by molar-refractivity contribution is 0.132. The van der Waals surface area contributed by atoms with Crippen LogP contribution in [-0.4, -0.2) is 25.8 Å². The molecule has 0 bridgehead atoms. The molecule has 106 valence electrons. The van der Waals surface area contributed by atoms with Gasteiger partial charge in [0.2, 0.25) is 0 Å². The highest BCUT2D eigenvalue weighted by atomic mass is 16.5. The van der Waals surface area contributed by atoms with Crippen LogP contribution in [-0.2, 0) is 6.42 Å². The van der Waals surface area contributed by atoms with E-state index < -0.39 is 0 Å². The zero-order valence-electron chi connectivity index (χ0n) is 12.3. The summed E-state index contributed by atoms with van der Waals surface area (Å²) >= 11 is 0. The first-order chi connectivity index (χ1) is 9.12. The van der Waals surface area contributed by atoms with Crippen LogP contribution in [0.4, 0.5) is 0 Å². The molecule has 0 radical (unpaired) electrons. The zero-order valence-corrected chi connectivity index (χ0v) is 12.3. The van der Waals surface area contributed by atoms with Crippen molar-refractivity contribution in [1.82, 2.24) is 5.32 Å². The Morgan fingerprint density at radius 1 is 1.26 bits per heavy atom. The number of fused-ring (bicyclic) bond motifs is 1. The normalized spacial score (nSPS) is 15.9. The Morgan fingerprint density at radius 2 is 2.11 bits per heavy atom. The largest absolute Gasteiger partial charge is 0.490 e. The molecule has 0 fully saturated rings. The molecule has 0 aliphatic carbocycles. The summed E-state index contributed by atoms with van der Waals surface area (Å²) in [6, 6.07) is 6.19. The van der Waals surface area contributed by atoms with Crippen LogP contribution < -0.4 is 14.8 Å². The average Bonchev–Trinajstić information content (AvgIpc) is 2.68. The molecule has 2 rings (SSSR count). The summed E-state index contributed by atoms with van der Waals surface area (Å²) < 4.78 is 11.9. The molecular formula is C16H25NO2. The first-order valence-corrected chi connectivity index (χ1v) is 7.21. The zero-order chi connectivity index (χ0) is 13.7. The van der Waals surface area contributed by atoms with Gasteiger partial charge in [-0.15, -0.1) is 0 Å². The van der Waals surface area contributed by atoms with Crippen LogP contribution in [0.5, 0.6) is 11.5 Å². The topological polar surface area (TPSA) is 30.5 Å². The van der Waals surface area contributed by atoms with Gasteiger partial charge in [0.1, 0.15) is 5.60 Å². The van der Waals surface area contributed by atoms with E-state index in [9.17, 15) is 0 Å². The van der Waals surface area contributed by atoms with Gasteiger partial charge in [-0.2, -0.15) is 0 Å². The molecule has 1 aromatic carbocycles. The van der Waals surface area contributed by atoms with Crippen molar-refractivity contribution >= 4 is 0 Å². The van der Waals surface area contributed by atoms with Gasteiger partial charge in [-0.05, 0) is 52.8 Å². The summed E-state index contributed by atoms with van der Waals surface area (Å²) in [6.45, 7) is 6.09. The molecule has 0 aromatic heterocycles. The second-order valence-corrected chi connectivity index (χ2v) is 5.80. The number of ether oxygens (including phenoxy) is 2. The molecule has 0 saturated heterocycles. The van der Waals surface area contributed by atoms with Crippen molar-refractivity contribution in [1.29, 1.82) is 0 Å². The molecular weight excluding hydrogens is 238 g/mol. The van der Waals surface area contributed by atoms with Crippen molar-refractivity contribution in [2.75, 3.05) is 20.2 Å². The smallest absolute Gasteiger partial charge is 0.165 e. The number of hydrogen-bond acceptors (Lipinski definition) is 3. The molecule has 1 heterocycles. The van der Waals surface area contributed by atoms with Gasteiger partial charge in [-0.1, -0.05) is 12.1 Å². The fourth-order valence-electron chi connectivity index (χ4n) is 2.46. The minimum absolute atomic E-state index is 0.103. The van der Waals surface area contributed by atoms with E-state index in [0.29, 0.717) is 0 Å². The Labute approximate surface area is 116 Å². The van der Waals surface area contributed by atoms with Gasteiger partial charge in [0, 0.05) is 12.0 Å². The van der Waals surface area contributed by atoms with Crippen molar-refractivity contribution in [2.24, 2.45) is 0 Å². The van der Waals surface area contributed by atoms with Gasteiger partial charge in [0.25, 0.3) is 0 Å². The van der Waals surface area contributed by atoms with Crippen molar-refractivity contribution < 1.29 is 9.47 Å². The van der Waals surface area contributed by atoms with E-state index >= 15 is 0 Å². The van der Waals surface area contributed by atoms with E-state index in [1.54, 1.807) is 0 Å². The number of hydrogen-bond donors (Lipinski definition) is 1. The highest BCUT2D eigenvalue weighted by Crippen LogP contribution is 2.41. The number of nitrogens with one attached hydrogen (secondary N) is 1. The molecule has 1 N–H and O–H groups in total. The SMILES string of the molecule is CNCCCCCOc1cccc2c1OC(C)(C)C2. The summed E-state index contributed by atoms with van der Waals surface area (Å²) in [5.41, 5.74) is 1.16. The standard InChI is InChI=1S/C16H25NO2/c1-16(2)12-13-8-7-9-14(15(13)19-16)18-11-6-4-5-10-17-3/h7-9,17H,4-6,10-12H2,1-3H3. The molecule has 0 atom stereocenters. The van der Waals surface area contributed by atoms with Gasteiger partial charge in [0.05, 0.1) is 6.61 Å². The Kier molecular flexibility index (Phi) is 4.70. The van der Waals surface area contributed by atoms with Crippen molar-refractivity contribution in [2.45, 2.75) is 45.1 Å². The molecule has 19 heavy (non-hydrogen) atoms. The number of unbranched alkanes of at least 4 members (excludes halogenated alkanes) is 2. The maximum atomic E-state index is 5.99. The average molecular weight is 263 g/mol. The van der Waals surface area contributed by atoms with Crippen LogP contribution in [0.15, 0.2) is 18.2 Å². The minimum Gasteiger partial charge on any atom is -0.490 e. The number of rotatable bonds is 7. The number of para-hydroxylation sites is 1. The van der Waals surface area contributed by atoms with Crippen LogP contribution in [0.25, 0.3) is 0 Å². The Balaban J connectivity index is 1.84. The molecule has 0 spiro atoms. The summed E-state index contributed by atoms with van der Waals surface area (Å²) in [5.74, 6) is 1.85. The highest BCUT2D eigenvalue weighted by Gasteiger charge is 2.32. The second kappa shape index (κ2) is 6.29. The van der Waals surface area contributed by atoms with E-state index in [0.717, 1.165) is 37.5 Å². The summed E-state index contributed by atoms with van der Waals surface area (Å²) in [7, 11) is 1.99. The first kappa shape index (κ1) is 14.2. The molecule has 0 amide bonds. The fourth-order valence-corrected chi connectivity index (χ4v) is 2.46. The maximum absolute atomic E-state index is 5.99. The quantitative estimate of drug-likeness (QED) is 0.766. The van der Waals surface area contributed by atoms with Crippen LogP contribution in [0.2, 0.25) is 0 Å².